The Morgan fingerprint density at radius 2 is 0.871 bits per heavy atom. The lowest BCUT2D eigenvalue weighted by Crippen LogP contribution is -2.50. The van der Waals surface area contributed by atoms with Gasteiger partial charge in [-0.15, -0.1) is 0 Å². The third-order valence-electron chi connectivity index (χ3n) is 12.1. The fourth-order valence-corrected chi connectivity index (χ4v) is 13.4. The SMILES string of the molecule is C=CC(=O)OCOC(=O)NC1CC(C)(C)CC(C)(CNC(=O)OCCOCCC[Si](C)(C)OCCO[Si](C)(C)CCCOCCOC(=O)NCC2(C)CC(NC(=O)OCOC(=O)C=C)CC(C)(C)C2)C1. The number of amides is 4. The quantitative estimate of drug-likeness (QED) is 0.0130. The number of hydrogen-bond acceptors (Lipinski definition) is 16. The lowest BCUT2D eigenvalue weighted by atomic mass is 9.62. The molecule has 0 bridgehead atoms. The first-order valence-corrected chi connectivity index (χ1v) is 30.6. The first-order chi connectivity index (χ1) is 32.7. The maximum Gasteiger partial charge on any atom is 0.410 e. The number of esters is 2. The Bertz CT molecular complexity index is 1580. The van der Waals surface area contributed by atoms with Crippen molar-refractivity contribution in [1.29, 1.82) is 0 Å². The standard InChI is InChI=1S/C48H86N4O16Si2/c1-13-39(53)63-35-65-43(57)51-37-27-45(3,4)31-47(7,29-37)33-49-41(55)61-21-19-59-17-15-25-69(9,10)67-23-24-68-70(11,12)26-16-18-60-20-22-62-42(56)50-34-48(8)30-38(28-46(5,6)32-48)52-44(58)66-36-64-40(54)14-2/h13-14,37-38H,1-2,15-36H2,3-12H3,(H,49,55)(H,50,56)(H,51,57)(H,52,58). The van der Waals surface area contributed by atoms with E-state index in [0.29, 0.717) is 52.4 Å². The number of nitrogens with one attached hydrogen (secondary N) is 4. The first-order valence-electron chi connectivity index (χ1n) is 24.4. The van der Waals surface area contributed by atoms with Gasteiger partial charge in [0, 0.05) is 50.5 Å². The Kier molecular flexibility index (Phi) is 26.5. The highest BCUT2D eigenvalue weighted by Crippen LogP contribution is 2.47. The van der Waals surface area contributed by atoms with Crippen LogP contribution >= 0.6 is 0 Å². The summed E-state index contributed by atoms with van der Waals surface area (Å²) < 4.78 is 54.1. The molecular weight excluding hydrogens is 945 g/mol. The number of alkyl carbamates (subject to hydrolysis) is 4. The Hall–Kier alpha value is -4.23. The van der Waals surface area contributed by atoms with Crippen molar-refractivity contribution in [2.24, 2.45) is 21.7 Å². The van der Waals surface area contributed by atoms with E-state index in [1.165, 1.54) is 0 Å². The summed E-state index contributed by atoms with van der Waals surface area (Å²) in [5.74, 6) is -1.37. The fourth-order valence-electron chi connectivity index (χ4n) is 9.80. The highest BCUT2D eigenvalue weighted by atomic mass is 28.4. The van der Waals surface area contributed by atoms with Crippen LogP contribution in [-0.4, -0.2) is 145 Å². The van der Waals surface area contributed by atoms with E-state index in [1.54, 1.807) is 0 Å². The summed E-state index contributed by atoms with van der Waals surface area (Å²) in [4.78, 5) is 72.0. The van der Waals surface area contributed by atoms with Gasteiger partial charge >= 0.3 is 36.3 Å². The number of carbonyl (C=O) groups is 6. The second-order valence-corrected chi connectivity index (χ2v) is 30.5. The Labute approximate surface area is 418 Å². The zero-order valence-electron chi connectivity index (χ0n) is 43.8. The first kappa shape index (κ1) is 61.9. The van der Waals surface area contributed by atoms with Gasteiger partial charge in [-0.2, -0.15) is 0 Å². The van der Waals surface area contributed by atoms with Crippen molar-refractivity contribution in [3.05, 3.63) is 25.3 Å². The fraction of sp³-hybridized carbons (Fsp3) is 0.792. The second kappa shape index (κ2) is 30.0. The van der Waals surface area contributed by atoms with Crippen LogP contribution in [0, 0.1) is 21.7 Å². The van der Waals surface area contributed by atoms with Crippen LogP contribution in [0.4, 0.5) is 19.2 Å². The summed E-state index contributed by atoms with van der Waals surface area (Å²) in [7, 11) is -3.86. The molecule has 4 atom stereocenters. The van der Waals surface area contributed by atoms with Crippen LogP contribution < -0.4 is 21.3 Å². The van der Waals surface area contributed by atoms with Gasteiger partial charge in [0.1, 0.15) is 13.2 Å². The molecule has 22 heteroatoms. The normalized spacial score (nSPS) is 21.7. The number of rotatable bonds is 31. The summed E-state index contributed by atoms with van der Waals surface area (Å²) in [5, 5.41) is 11.4. The third kappa shape index (κ3) is 28.0. The Morgan fingerprint density at radius 1 is 0.500 bits per heavy atom. The van der Waals surface area contributed by atoms with E-state index in [2.05, 4.69) is 102 Å². The molecule has 0 radical (unpaired) electrons. The van der Waals surface area contributed by atoms with Gasteiger partial charge in [-0.05, 0) is 111 Å². The molecule has 0 aromatic heterocycles. The van der Waals surface area contributed by atoms with Crippen LogP contribution in [0.5, 0.6) is 0 Å². The molecule has 4 amide bonds. The van der Waals surface area contributed by atoms with Crippen LogP contribution in [0.1, 0.15) is 92.9 Å². The molecular formula is C48H86N4O16Si2. The van der Waals surface area contributed by atoms with Crippen molar-refractivity contribution >= 4 is 52.9 Å². The average molecular weight is 1030 g/mol. The maximum absolute atomic E-state index is 12.5. The van der Waals surface area contributed by atoms with E-state index in [-0.39, 0.29) is 60.2 Å². The minimum atomic E-state index is -1.93. The van der Waals surface area contributed by atoms with Gasteiger partial charge in [0.15, 0.2) is 16.6 Å². The van der Waals surface area contributed by atoms with E-state index < -0.39 is 66.5 Å². The molecule has 70 heavy (non-hydrogen) atoms. The number of ether oxygens (including phenoxy) is 8. The number of carbonyl (C=O) groups excluding carboxylic acids is 6. The highest BCUT2D eigenvalue weighted by Gasteiger charge is 2.43. The van der Waals surface area contributed by atoms with E-state index in [9.17, 15) is 28.8 Å². The van der Waals surface area contributed by atoms with Gasteiger partial charge in [0.2, 0.25) is 13.6 Å². The molecule has 2 rings (SSSR count). The average Bonchev–Trinajstić information content (AvgIpc) is 3.24. The van der Waals surface area contributed by atoms with E-state index in [1.807, 2.05) is 0 Å². The van der Waals surface area contributed by atoms with Crippen LogP contribution in [0.15, 0.2) is 25.3 Å². The van der Waals surface area contributed by atoms with E-state index >= 15 is 0 Å². The van der Waals surface area contributed by atoms with Crippen LogP contribution in [0.3, 0.4) is 0 Å². The number of hydrogen-bond donors (Lipinski definition) is 4. The predicted octanol–water partition coefficient (Wildman–Crippen LogP) is 7.69. The minimum absolute atomic E-state index is 0.102. The van der Waals surface area contributed by atoms with Gasteiger partial charge in [-0.1, -0.05) is 54.7 Å². The van der Waals surface area contributed by atoms with Crippen LogP contribution in [0.2, 0.25) is 38.3 Å². The summed E-state index contributed by atoms with van der Waals surface area (Å²) in [6, 6.07) is 1.45. The van der Waals surface area contributed by atoms with Crippen molar-refractivity contribution in [3.8, 4) is 0 Å². The van der Waals surface area contributed by atoms with Gasteiger partial charge in [-0.25, -0.2) is 28.8 Å². The molecule has 0 spiro atoms. The van der Waals surface area contributed by atoms with Crippen LogP contribution in [-0.2, 0) is 56.3 Å². The summed E-state index contributed by atoms with van der Waals surface area (Å²) in [5.41, 5.74) is -0.808. The highest BCUT2D eigenvalue weighted by molar-refractivity contribution is 6.71. The molecule has 0 aliphatic heterocycles. The Balaban J connectivity index is 1.51. The lowest BCUT2D eigenvalue weighted by Gasteiger charge is -2.46. The zero-order chi connectivity index (χ0) is 52.5. The summed E-state index contributed by atoms with van der Waals surface area (Å²) >= 11 is 0. The maximum atomic E-state index is 12.5. The third-order valence-corrected chi connectivity index (χ3v) is 17.2. The van der Waals surface area contributed by atoms with Crippen molar-refractivity contribution in [1.82, 2.24) is 21.3 Å². The molecule has 2 saturated carbocycles. The summed E-state index contributed by atoms with van der Waals surface area (Å²) in [6.07, 6.45) is 5.58. The van der Waals surface area contributed by atoms with Gasteiger partial charge in [0.25, 0.3) is 0 Å². The molecule has 0 heterocycles. The van der Waals surface area contributed by atoms with Gasteiger partial charge in [0.05, 0.1) is 26.4 Å². The van der Waals surface area contributed by atoms with Crippen molar-refractivity contribution < 1.29 is 75.5 Å². The van der Waals surface area contributed by atoms with Gasteiger partial charge in [-0.3, -0.25) is 0 Å². The van der Waals surface area contributed by atoms with E-state index in [0.717, 1.165) is 62.8 Å². The van der Waals surface area contributed by atoms with Crippen molar-refractivity contribution in [3.63, 3.8) is 0 Å². The molecule has 0 aromatic rings. The summed E-state index contributed by atoms with van der Waals surface area (Å²) in [6.45, 7) is 30.6. The topological polar surface area (TPSA) is 243 Å². The predicted molar refractivity (Wildman–Crippen MR) is 267 cm³/mol. The zero-order valence-corrected chi connectivity index (χ0v) is 45.8. The molecule has 4 unspecified atom stereocenters. The Morgan fingerprint density at radius 3 is 1.23 bits per heavy atom. The van der Waals surface area contributed by atoms with Crippen molar-refractivity contribution in [2.45, 2.75) is 143 Å². The molecule has 2 aliphatic rings. The van der Waals surface area contributed by atoms with Gasteiger partial charge < -0.3 is 68.0 Å². The molecule has 2 fully saturated rings. The second-order valence-electron chi connectivity index (χ2n) is 21.9. The smallest absolute Gasteiger partial charge is 0.410 e. The van der Waals surface area contributed by atoms with E-state index in [4.69, 9.17) is 46.7 Å². The van der Waals surface area contributed by atoms with Crippen molar-refractivity contribution in [2.75, 3.05) is 79.5 Å². The molecule has 20 nitrogen and oxygen atoms in total. The molecule has 0 saturated heterocycles. The molecule has 2 aliphatic carbocycles. The molecule has 402 valence electrons. The minimum Gasteiger partial charge on any atom is -0.447 e. The molecule has 0 aromatic carbocycles. The lowest BCUT2D eigenvalue weighted by molar-refractivity contribution is -0.146. The largest absolute Gasteiger partial charge is 0.447 e. The monoisotopic (exact) mass is 1030 g/mol. The molecule has 4 N–H and O–H groups in total. The van der Waals surface area contributed by atoms with Crippen LogP contribution in [0.25, 0.3) is 0 Å².